The molecule has 0 bridgehead atoms. The fourth-order valence-corrected chi connectivity index (χ4v) is 2.98. The summed E-state index contributed by atoms with van der Waals surface area (Å²) in [6.07, 6.45) is 0. The number of methoxy groups -OCH3 is 1. The zero-order chi connectivity index (χ0) is 17.6. The van der Waals surface area contributed by atoms with Crippen molar-refractivity contribution in [3.63, 3.8) is 0 Å². The second-order valence-electron chi connectivity index (χ2n) is 4.85. The van der Waals surface area contributed by atoms with E-state index in [1.807, 2.05) is 0 Å². The molecule has 0 radical (unpaired) electrons. The first-order chi connectivity index (χ1) is 11.4. The van der Waals surface area contributed by atoms with Crippen LogP contribution in [0.4, 0.5) is 10.1 Å². The van der Waals surface area contributed by atoms with Gasteiger partial charge in [-0.2, -0.15) is 0 Å². The van der Waals surface area contributed by atoms with Gasteiger partial charge >= 0.3 is 0 Å². The minimum Gasteiger partial charge on any atom is -0.383 e. The summed E-state index contributed by atoms with van der Waals surface area (Å²) in [5.41, 5.74) is 0.127. The van der Waals surface area contributed by atoms with Crippen molar-refractivity contribution >= 4 is 21.6 Å². The summed E-state index contributed by atoms with van der Waals surface area (Å²) in [4.78, 5) is 12.1. The molecule has 0 aliphatic rings. The smallest absolute Gasteiger partial charge is 0.255 e. The summed E-state index contributed by atoms with van der Waals surface area (Å²) in [6.45, 7) is 0.344. The van der Waals surface area contributed by atoms with Crippen molar-refractivity contribution in [2.45, 2.75) is 4.90 Å². The van der Waals surface area contributed by atoms with E-state index >= 15 is 0 Å². The van der Waals surface area contributed by atoms with Gasteiger partial charge in [-0.05, 0) is 30.3 Å². The molecule has 0 atom stereocenters. The number of halogens is 1. The van der Waals surface area contributed by atoms with Gasteiger partial charge in [-0.1, -0.05) is 18.2 Å². The van der Waals surface area contributed by atoms with Gasteiger partial charge in [0.25, 0.3) is 5.91 Å². The van der Waals surface area contributed by atoms with Crippen molar-refractivity contribution in [2.24, 2.45) is 0 Å². The van der Waals surface area contributed by atoms with Crippen LogP contribution in [0.2, 0.25) is 0 Å². The highest BCUT2D eigenvalue weighted by Gasteiger charge is 2.16. The van der Waals surface area contributed by atoms with Gasteiger partial charge in [0.1, 0.15) is 5.82 Å². The molecule has 0 spiro atoms. The first-order valence-electron chi connectivity index (χ1n) is 7.08. The Hall–Kier alpha value is -2.29. The highest BCUT2D eigenvalue weighted by atomic mass is 32.2. The number of benzene rings is 2. The predicted octanol–water partition coefficient (Wildman–Crippen LogP) is 2.00. The Balaban J connectivity index is 2.18. The van der Waals surface area contributed by atoms with E-state index < -0.39 is 21.7 Å². The molecule has 8 heteroatoms. The number of sulfonamides is 1. The van der Waals surface area contributed by atoms with Crippen LogP contribution in [0, 0.1) is 5.82 Å². The molecule has 0 saturated heterocycles. The molecule has 2 aromatic rings. The van der Waals surface area contributed by atoms with Crippen molar-refractivity contribution in [2.75, 3.05) is 25.6 Å². The minimum atomic E-state index is -3.75. The summed E-state index contributed by atoms with van der Waals surface area (Å²) in [6, 6.07) is 11.2. The molecule has 0 unspecified atom stereocenters. The molecular weight excluding hydrogens is 335 g/mol. The zero-order valence-corrected chi connectivity index (χ0v) is 13.8. The van der Waals surface area contributed by atoms with Gasteiger partial charge in [0.05, 0.1) is 17.2 Å². The second-order valence-corrected chi connectivity index (χ2v) is 6.62. The largest absolute Gasteiger partial charge is 0.383 e. The average Bonchev–Trinajstić information content (AvgIpc) is 2.57. The summed E-state index contributed by atoms with van der Waals surface area (Å²) in [5, 5.41) is 2.41. The number of nitrogens with one attached hydrogen (secondary N) is 2. The number of hydrogen-bond donors (Lipinski definition) is 2. The fraction of sp³-hybridized carbons (Fsp3) is 0.188. The first-order valence-corrected chi connectivity index (χ1v) is 8.57. The van der Waals surface area contributed by atoms with E-state index in [2.05, 4.69) is 10.0 Å². The molecule has 128 valence electrons. The average molecular weight is 352 g/mol. The predicted molar refractivity (Wildman–Crippen MR) is 87.9 cm³/mol. The number of carbonyl (C=O) groups is 1. The topological polar surface area (TPSA) is 84.5 Å². The molecule has 0 aliphatic carbocycles. The molecule has 2 aromatic carbocycles. The van der Waals surface area contributed by atoms with Crippen LogP contribution in [-0.2, 0) is 14.8 Å². The summed E-state index contributed by atoms with van der Waals surface area (Å²) >= 11 is 0. The van der Waals surface area contributed by atoms with Crippen LogP contribution in [0.1, 0.15) is 10.4 Å². The summed E-state index contributed by atoms with van der Waals surface area (Å²) < 4.78 is 45.0. The van der Waals surface area contributed by atoms with Gasteiger partial charge in [0, 0.05) is 19.2 Å². The Morgan fingerprint density at radius 2 is 1.92 bits per heavy atom. The maximum Gasteiger partial charge on any atom is 0.255 e. The van der Waals surface area contributed by atoms with Crippen molar-refractivity contribution in [1.29, 1.82) is 0 Å². The lowest BCUT2D eigenvalue weighted by atomic mass is 10.2. The molecule has 0 fully saturated rings. The van der Waals surface area contributed by atoms with Gasteiger partial charge in [-0.25, -0.2) is 17.5 Å². The number of amides is 1. The molecule has 0 aromatic heterocycles. The molecule has 1 amide bonds. The molecule has 0 heterocycles. The van der Waals surface area contributed by atoms with Gasteiger partial charge < -0.3 is 10.1 Å². The lowest BCUT2D eigenvalue weighted by Crippen LogP contribution is -2.27. The van der Waals surface area contributed by atoms with E-state index in [0.29, 0.717) is 0 Å². The Morgan fingerprint density at radius 1 is 1.17 bits per heavy atom. The van der Waals surface area contributed by atoms with E-state index in [1.54, 1.807) is 6.07 Å². The number of ether oxygens (including phenoxy) is 1. The van der Waals surface area contributed by atoms with Crippen molar-refractivity contribution in [3.8, 4) is 0 Å². The van der Waals surface area contributed by atoms with E-state index in [4.69, 9.17) is 4.74 Å². The molecular formula is C16H17FN2O4S. The van der Waals surface area contributed by atoms with Crippen LogP contribution in [0.25, 0.3) is 0 Å². The van der Waals surface area contributed by atoms with Crippen LogP contribution in [0.15, 0.2) is 53.4 Å². The first kappa shape index (κ1) is 18.1. The number of rotatable bonds is 7. The van der Waals surface area contributed by atoms with Crippen molar-refractivity contribution in [1.82, 2.24) is 4.72 Å². The zero-order valence-electron chi connectivity index (χ0n) is 13.0. The van der Waals surface area contributed by atoms with Crippen LogP contribution < -0.4 is 10.0 Å². The quantitative estimate of drug-likeness (QED) is 0.747. The maximum absolute atomic E-state index is 13.6. The normalized spacial score (nSPS) is 11.2. The van der Waals surface area contributed by atoms with Crippen molar-refractivity contribution in [3.05, 3.63) is 59.9 Å². The third-order valence-corrected chi connectivity index (χ3v) is 4.59. The van der Waals surface area contributed by atoms with Crippen LogP contribution in [0.3, 0.4) is 0 Å². The van der Waals surface area contributed by atoms with Gasteiger partial charge in [-0.3, -0.25) is 4.79 Å². The Bertz CT molecular complexity index is 824. The minimum absolute atomic E-state index is 0.0222. The summed E-state index contributed by atoms with van der Waals surface area (Å²) in [5.74, 6) is -1.18. The van der Waals surface area contributed by atoms with E-state index in [1.165, 1.54) is 49.6 Å². The van der Waals surface area contributed by atoms with E-state index in [0.717, 1.165) is 0 Å². The monoisotopic (exact) mass is 352 g/mol. The van der Waals surface area contributed by atoms with Gasteiger partial charge in [0.15, 0.2) is 0 Å². The molecule has 0 aliphatic heterocycles. The number of carbonyl (C=O) groups excluding carboxylic acids is 1. The lowest BCUT2D eigenvalue weighted by Gasteiger charge is -2.09. The van der Waals surface area contributed by atoms with E-state index in [-0.39, 0.29) is 29.3 Å². The molecule has 2 N–H and O–H groups in total. The molecule has 6 nitrogen and oxygen atoms in total. The lowest BCUT2D eigenvalue weighted by molar-refractivity contribution is 0.102. The number of para-hydroxylation sites is 1. The van der Waals surface area contributed by atoms with Crippen LogP contribution in [0.5, 0.6) is 0 Å². The molecule has 0 saturated carbocycles. The highest BCUT2D eigenvalue weighted by Crippen LogP contribution is 2.16. The van der Waals surface area contributed by atoms with Crippen LogP contribution >= 0.6 is 0 Å². The Labute approximate surface area is 139 Å². The van der Waals surface area contributed by atoms with E-state index in [9.17, 15) is 17.6 Å². The maximum atomic E-state index is 13.6. The standard InChI is InChI=1S/C16H17FN2O4S/c1-23-10-9-18-24(21,22)13-6-4-5-12(11-13)16(20)19-15-8-3-2-7-14(15)17/h2-8,11,18H,9-10H2,1H3,(H,19,20). The van der Waals surface area contributed by atoms with Crippen LogP contribution in [-0.4, -0.2) is 34.6 Å². The Morgan fingerprint density at radius 3 is 2.62 bits per heavy atom. The number of anilines is 1. The second kappa shape index (κ2) is 8.00. The molecule has 2 rings (SSSR count). The summed E-state index contributed by atoms with van der Waals surface area (Å²) in [7, 11) is -2.29. The number of hydrogen-bond acceptors (Lipinski definition) is 4. The molecule has 24 heavy (non-hydrogen) atoms. The van der Waals surface area contributed by atoms with Gasteiger partial charge in [-0.15, -0.1) is 0 Å². The fourth-order valence-electron chi connectivity index (χ4n) is 1.92. The van der Waals surface area contributed by atoms with Crippen molar-refractivity contribution < 1.29 is 22.3 Å². The third kappa shape index (κ3) is 4.60. The Kier molecular flexibility index (Phi) is 6.02. The highest BCUT2D eigenvalue weighted by molar-refractivity contribution is 7.89. The van der Waals surface area contributed by atoms with Gasteiger partial charge in [0.2, 0.25) is 10.0 Å². The SMILES string of the molecule is COCCNS(=O)(=O)c1cccc(C(=O)Nc2ccccc2F)c1. The third-order valence-electron chi connectivity index (χ3n) is 3.13.